The Morgan fingerprint density at radius 2 is 2.00 bits per heavy atom. The summed E-state index contributed by atoms with van der Waals surface area (Å²) in [6.45, 7) is 2.14. The van der Waals surface area contributed by atoms with Gasteiger partial charge in [0.15, 0.2) is 0 Å². The van der Waals surface area contributed by atoms with Crippen LogP contribution in [-0.2, 0) is 6.42 Å². The molecule has 0 aliphatic heterocycles. The predicted molar refractivity (Wildman–Crippen MR) is 62.5 cm³/mol. The highest BCUT2D eigenvalue weighted by molar-refractivity contribution is 5.52. The molecule has 0 spiro atoms. The van der Waals surface area contributed by atoms with Crippen LogP contribution in [0, 0.1) is 0 Å². The van der Waals surface area contributed by atoms with Gasteiger partial charge in [-0.15, -0.1) is 0 Å². The Morgan fingerprint density at radius 3 is 2.67 bits per heavy atom. The maximum Gasteiger partial charge on any atom is 0.0937 e. The lowest BCUT2D eigenvalue weighted by Gasteiger charge is -1.98. The standard InChI is InChI=1S/C14H14O/c1-12(10-14-7-8-15-11-14)9-13-5-3-2-4-6-13/h2-9,11H,10H2,1H3. The molecular formula is C14H14O. The Kier molecular flexibility index (Phi) is 3.03. The first kappa shape index (κ1) is 9.78. The molecule has 1 nitrogen and oxygen atoms in total. The van der Waals surface area contributed by atoms with Crippen molar-refractivity contribution in [3.63, 3.8) is 0 Å². The van der Waals surface area contributed by atoms with E-state index < -0.39 is 0 Å². The molecule has 0 saturated heterocycles. The van der Waals surface area contributed by atoms with Gasteiger partial charge in [-0.1, -0.05) is 42.0 Å². The molecule has 0 radical (unpaired) electrons. The number of furan rings is 1. The summed E-state index contributed by atoms with van der Waals surface area (Å²) in [5, 5.41) is 0. The van der Waals surface area contributed by atoms with E-state index in [1.165, 1.54) is 16.7 Å². The minimum Gasteiger partial charge on any atom is -0.472 e. The van der Waals surface area contributed by atoms with Crippen LogP contribution < -0.4 is 0 Å². The Morgan fingerprint density at radius 1 is 1.20 bits per heavy atom. The minimum absolute atomic E-state index is 0.950. The lowest BCUT2D eigenvalue weighted by atomic mass is 10.1. The second kappa shape index (κ2) is 4.65. The van der Waals surface area contributed by atoms with Gasteiger partial charge in [-0.3, -0.25) is 0 Å². The summed E-state index contributed by atoms with van der Waals surface area (Å²) in [6, 6.07) is 12.4. The van der Waals surface area contributed by atoms with Crippen LogP contribution in [0.4, 0.5) is 0 Å². The molecule has 76 valence electrons. The maximum atomic E-state index is 5.04. The van der Waals surface area contributed by atoms with E-state index in [1.807, 2.05) is 12.1 Å². The van der Waals surface area contributed by atoms with Gasteiger partial charge in [0, 0.05) is 0 Å². The molecule has 1 heterocycles. The van der Waals surface area contributed by atoms with Crippen molar-refractivity contribution in [1.29, 1.82) is 0 Å². The molecule has 0 atom stereocenters. The van der Waals surface area contributed by atoms with Crippen LogP contribution in [-0.4, -0.2) is 0 Å². The summed E-state index contributed by atoms with van der Waals surface area (Å²) < 4.78 is 5.04. The van der Waals surface area contributed by atoms with Crippen molar-refractivity contribution in [1.82, 2.24) is 0 Å². The van der Waals surface area contributed by atoms with Crippen molar-refractivity contribution < 1.29 is 4.42 Å². The van der Waals surface area contributed by atoms with Crippen LogP contribution in [0.2, 0.25) is 0 Å². The SMILES string of the molecule is CC(=Cc1ccccc1)Cc1ccoc1. The molecular weight excluding hydrogens is 184 g/mol. The van der Waals surface area contributed by atoms with Crippen molar-refractivity contribution in [2.24, 2.45) is 0 Å². The molecule has 0 aliphatic carbocycles. The first-order valence-electron chi connectivity index (χ1n) is 5.08. The summed E-state index contributed by atoms with van der Waals surface area (Å²) in [6.07, 6.45) is 6.66. The molecule has 2 aromatic rings. The fourth-order valence-electron chi connectivity index (χ4n) is 1.60. The van der Waals surface area contributed by atoms with Crippen molar-refractivity contribution >= 4 is 6.08 Å². The fraction of sp³-hybridized carbons (Fsp3) is 0.143. The molecule has 0 saturated carbocycles. The highest BCUT2D eigenvalue weighted by Crippen LogP contribution is 2.12. The van der Waals surface area contributed by atoms with Crippen molar-refractivity contribution in [2.45, 2.75) is 13.3 Å². The molecule has 2 rings (SSSR count). The van der Waals surface area contributed by atoms with Gasteiger partial charge in [-0.05, 0) is 30.5 Å². The topological polar surface area (TPSA) is 13.1 Å². The van der Waals surface area contributed by atoms with Gasteiger partial charge < -0.3 is 4.42 Å². The molecule has 0 aliphatic rings. The largest absolute Gasteiger partial charge is 0.472 e. The van der Waals surface area contributed by atoms with Crippen molar-refractivity contribution in [3.05, 3.63) is 65.6 Å². The van der Waals surface area contributed by atoms with E-state index in [4.69, 9.17) is 4.42 Å². The van der Waals surface area contributed by atoms with E-state index in [1.54, 1.807) is 12.5 Å². The van der Waals surface area contributed by atoms with E-state index in [0.717, 1.165) is 6.42 Å². The molecule has 0 unspecified atom stereocenters. The monoisotopic (exact) mass is 198 g/mol. The van der Waals surface area contributed by atoms with Crippen LogP contribution >= 0.6 is 0 Å². The smallest absolute Gasteiger partial charge is 0.0937 e. The Bertz CT molecular complexity index is 424. The molecule has 0 amide bonds. The highest BCUT2D eigenvalue weighted by atomic mass is 16.3. The number of hydrogen-bond acceptors (Lipinski definition) is 1. The number of hydrogen-bond donors (Lipinski definition) is 0. The number of allylic oxidation sites excluding steroid dienone is 1. The quantitative estimate of drug-likeness (QED) is 0.728. The van der Waals surface area contributed by atoms with Crippen LogP contribution in [0.1, 0.15) is 18.1 Å². The van der Waals surface area contributed by atoms with E-state index in [9.17, 15) is 0 Å². The summed E-state index contributed by atoms with van der Waals surface area (Å²) in [4.78, 5) is 0. The zero-order valence-electron chi connectivity index (χ0n) is 8.81. The molecule has 0 bridgehead atoms. The fourth-order valence-corrected chi connectivity index (χ4v) is 1.60. The maximum absolute atomic E-state index is 5.04. The van der Waals surface area contributed by atoms with Crippen molar-refractivity contribution in [2.75, 3.05) is 0 Å². The van der Waals surface area contributed by atoms with E-state index in [0.29, 0.717) is 0 Å². The molecule has 1 heteroatoms. The first-order chi connectivity index (χ1) is 7.34. The van der Waals surface area contributed by atoms with Gasteiger partial charge in [0.05, 0.1) is 12.5 Å². The van der Waals surface area contributed by atoms with Crippen LogP contribution in [0.15, 0.2) is 58.9 Å². The second-order valence-electron chi connectivity index (χ2n) is 3.71. The highest BCUT2D eigenvalue weighted by Gasteiger charge is 1.96. The van der Waals surface area contributed by atoms with Gasteiger partial charge >= 0.3 is 0 Å². The van der Waals surface area contributed by atoms with Crippen LogP contribution in [0.25, 0.3) is 6.08 Å². The minimum atomic E-state index is 0.950. The first-order valence-corrected chi connectivity index (χ1v) is 5.08. The van der Waals surface area contributed by atoms with Crippen molar-refractivity contribution in [3.8, 4) is 0 Å². The zero-order valence-corrected chi connectivity index (χ0v) is 8.81. The average Bonchev–Trinajstić information content (AvgIpc) is 2.71. The normalized spacial score (nSPS) is 11.7. The zero-order chi connectivity index (χ0) is 10.5. The van der Waals surface area contributed by atoms with Gasteiger partial charge in [-0.2, -0.15) is 0 Å². The number of benzene rings is 1. The van der Waals surface area contributed by atoms with Gasteiger partial charge in [0.1, 0.15) is 0 Å². The molecule has 0 N–H and O–H groups in total. The van der Waals surface area contributed by atoms with E-state index in [2.05, 4.69) is 37.3 Å². The summed E-state index contributed by atoms with van der Waals surface area (Å²) in [5.41, 5.74) is 3.81. The van der Waals surface area contributed by atoms with Crippen LogP contribution in [0.5, 0.6) is 0 Å². The predicted octanol–water partition coefficient (Wildman–Crippen LogP) is 3.93. The lowest BCUT2D eigenvalue weighted by Crippen LogP contribution is -1.83. The van der Waals surface area contributed by atoms with E-state index >= 15 is 0 Å². The molecule has 0 fully saturated rings. The third-order valence-electron chi connectivity index (χ3n) is 2.28. The third-order valence-corrected chi connectivity index (χ3v) is 2.28. The van der Waals surface area contributed by atoms with Crippen LogP contribution in [0.3, 0.4) is 0 Å². The number of rotatable bonds is 3. The third kappa shape index (κ3) is 2.84. The molecule has 1 aromatic heterocycles. The van der Waals surface area contributed by atoms with Gasteiger partial charge in [-0.25, -0.2) is 0 Å². The van der Waals surface area contributed by atoms with Gasteiger partial charge in [0.25, 0.3) is 0 Å². The summed E-state index contributed by atoms with van der Waals surface area (Å²) in [5.74, 6) is 0. The Labute approximate surface area is 90.1 Å². The van der Waals surface area contributed by atoms with E-state index in [-0.39, 0.29) is 0 Å². The Balaban J connectivity index is 2.08. The average molecular weight is 198 g/mol. The molecule has 15 heavy (non-hydrogen) atoms. The molecule has 1 aromatic carbocycles. The lowest BCUT2D eigenvalue weighted by molar-refractivity contribution is 0.564. The van der Waals surface area contributed by atoms with Gasteiger partial charge in [0.2, 0.25) is 0 Å². The summed E-state index contributed by atoms with van der Waals surface area (Å²) in [7, 11) is 0. The second-order valence-corrected chi connectivity index (χ2v) is 3.71. The summed E-state index contributed by atoms with van der Waals surface area (Å²) >= 11 is 0. The Hall–Kier alpha value is -1.76.